The van der Waals surface area contributed by atoms with Gasteiger partial charge in [-0.05, 0) is 31.2 Å². The molecular weight excluding hydrogens is 368 g/mol. The predicted molar refractivity (Wildman–Crippen MR) is 105 cm³/mol. The van der Waals surface area contributed by atoms with E-state index in [2.05, 4.69) is 15.3 Å². The summed E-state index contributed by atoms with van der Waals surface area (Å²) in [7, 11) is 1.66. The molecule has 0 fully saturated rings. The molecule has 0 bridgehead atoms. The molecule has 0 amide bonds. The van der Waals surface area contributed by atoms with Gasteiger partial charge in [-0.25, -0.2) is 9.97 Å². The number of carbonyl (C=O) groups excluding carboxylic acids is 1. The van der Waals surface area contributed by atoms with Crippen molar-refractivity contribution in [3.8, 4) is 5.75 Å². The molecule has 0 spiro atoms. The van der Waals surface area contributed by atoms with Gasteiger partial charge in [-0.15, -0.1) is 0 Å². The Kier molecular flexibility index (Phi) is 5.41. The number of carbonyl (C=O) groups is 1. The van der Waals surface area contributed by atoms with Crippen LogP contribution >= 0.6 is 11.6 Å². The minimum absolute atomic E-state index is 0.0682. The molecule has 1 aromatic carbocycles. The number of nitrogens with one attached hydrogen (secondary N) is 1. The number of Topliss-reactive ketones (excluding diaryl/α,β-unsaturated/α-hetero) is 1. The third-order valence-electron chi connectivity index (χ3n) is 4.10. The summed E-state index contributed by atoms with van der Waals surface area (Å²) in [5.74, 6) is 1.17. The number of anilines is 2. The Labute approximate surface area is 161 Å². The number of benzene rings is 1. The Morgan fingerprint density at radius 3 is 2.85 bits per heavy atom. The first-order valence-electron chi connectivity index (χ1n) is 8.43. The Bertz CT molecular complexity index is 1080. The average Bonchev–Trinajstić information content (AvgIpc) is 2.66. The van der Waals surface area contributed by atoms with Gasteiger partial charge in [0.2, 0.25) is 0 Å². The molecule has 0 unspecified atom stereocenters. The fourth-order valence-corrected chi connectivity index (χ4v) is 2.71. The lowest BCUT2D eigenvalue weighted by Gasteiger charge is -2.12. The first kappa shape index (κ1) is 18.8. The van der Waals surface area contributed by atoms with Gasteiger partial charge in [-0.1, -0.05) is 18.5 Å². The smallest absolute Gasteiger partial charge is 0.293 e. The largest absolute Gasteiger partial charge is 0.480 e. The van der Waals surface area contributed by atoms with Gasteiger partial charge in [0, 0.05) is 24.5 Å². The van der Waals surface area contributed by atoms with Gasteiger partial charge in [0.25, 0.3) is 5.56 Å². The van der Waals surface area contributed by atoms with Crippen molar-refractivity contribution in [3.63, 3.8) is 0 Å². The minimum Gasteiger partial charge on any atom is -0.480 e. The number of aryl methyl sites for hydroxylation is 2. The van der Waals surface area contributed by atoms with Crippen molar-refractivity contribution >= 4 is 39.8 Å². The molecule has 27 heavy (non-hydrogen) atoms. The molecule has 0 radical (unpaired) electrons. The molecule has 140 valence electrons. The van der Waals surface area contributed by atoms with Crippen LogP contribution in [0.5, 0.6) is 5.75 Å². The van der Waals surface area contributed by atoms with E-state index in [0.717, 1.165) is 16.6 Å². The number of hydrogen-bond acceptors (Lipinski definition) is 6. The van der Waals surface area contributed by atoms with E-state index in [0.29, 0.717) is 23.1 Å². The van der Waals surface area contributed by atoms with Crippen LogP contribution in [0, 0.1) is 6.92 Å². The summed E-state index contributed by atoms with van der Waals surface area (Å²) >= 11 is 6.14. The molecular formula is C19H19ClN4O3. The fraction of sp³-hybridized carbons (Fsp3) is 0.263. The summed E-state index contributed by atoms with van der Waals surface area (Å²) in [5.41, 5.74) is 1.20. The zero-order valence-electron chi connectivity index (χ0n) is 15.2. The molecule has 0 aliphatic carbocycles. The van der Waals surface area contributed by atoms with E-state index in [-0.39, 0.29) is 23.7 Å². The van der Waals surface area contributed by atoms with Crippen LogP contribution in [0.3, 0.4) is 0 Å². The maximum Gasteiger partial charge on any atom is 0.293 e. The highest BCUT2D eigenvalue weighted by Gasteiger charge is 2.11. The summed E-state index contributed by atoms with van der Waals surface area (Å²) < 4.78 is 6.92. The highest BCUT2D eigenvalue weighted by molar-refractivity contribution is 6.32. The molecule has 2 heterocycles. The van der Waals surface area contributed by atoms with Gasteiger partial charge in [-0.3, -0.25) is 9.59 Å². The lowest BCUT2D eigenvalue weighted by molar-refractivity contribution is -0.120. The summed E-state index contributed by atoms with van der Waals surface area (Å²) in [6, 6.07) is 7.15. The van der Waals surface area contributed by atoms with Crippen LogP contribution in [-0.4, -0.2) is 26.9 Å². The molecule has 8 heteroatoms. The van der Waals surface area contributed by atoms with E-state index in [1.807, 2.05) is 18.2 Å². The zero-order valence-corrected chi connectivity index (χ0v) is 16.0. The van der Waals surface area contributed by atoms with Crippen LogP contribution in [0.15, 0.2) is 35.3 Å². The maximum absolute atomic E-state index is 12.4. The molecule has 3 aromatic rings. The van der Waals surface area contributed by atoms with Crippen LogP contribution in [0.2, 0.25) is 5.02 Å². The van der Waals surface area contributed by atoms with Gasteiger partial charge in [0.1, 0.15) is 17.5 Å². The standard InChI is InChI=1S/C19H19ClN4O3/c1-4-14(25)10-27-17-8-12-7-13(5-6-16(12)24(3)19(17)26)23-18-15(20)9-21-11(2)22-18/h5-9H,4,10H2,1-3H3,(H,21,22,23). The molecule has 3 rings (SSSR count). The molecule has 1 N–H and O–H groups in total. The lowest BCUT2D eigenvalue weighted by atomic mass is 10.2. The number of fused-ring (bicyclic) bond motifs is 1. The highest BCUT2D eigenvalue weighted by atomic mass is 35.5. The van der Waals surface area contributed by atoms with Crippen LogP contribution in [0.1, 0.15) is 19.2 Å². The molecule has 0 saturated heterocycles. The van der Waals surface area contributed by atoms with Crippen LogP contribution in [0.4, 0.5) is 11.5 Å². The molecule has 0 aliphatic heterocycles. The fourth-order valence-electron chi connectivity index (χ4n) is 2.57. The first-order valence-corrected chi connectivity index (χ1v) is 8.81. The van der Waals surface area contributed by atoms with Gasteiger partial charge in [-0.2, -0.15) is 0 Å². The zero-order chi connectivity index (χ0) is 19.6. The molecule has 0 atom stereocenters. The number of ether oxygens (including phenoxy) is 1. The quantitative estimate of drug-likeness (QED) is 0.698. The third kappa shape index (κ3) is 4.09. The monoisotopic (exact) mass is 386 g/mol. The van der Waals surface area contributed by atoms with Crippen LogP contribution in [0.25, 0.3) is 10.9 Å². The SMILES string of the molecule is CCC(=O)COc1cc2cc(Nc3nc(C)ncc3Cl)ccc2n(C)c1=O. The molecule has 2 aromatic heterocycles. The number of pyridine rings is 1. The summed E-state index contributed by atoms with van der Waals surface area (Å²) in [6.07, 6.45) is 1.90. The second-order valence-corrected chi connectivity index (χ2v) is 6.47. The predicted octanol–water partition coefficient (Wildman–Crippen LogP) is 3.39. The summed E-state index contributed by atoms with van der Waals surface area (Å²) in [6.45, 7) is 3.41. The Hall–Kier alpha value is -2.93. The van der Waals surface area contributed by atoms with Crippen molar-refractivity contribution in [2.24, 2.45) is 7.05 Å². The number of rotatable bonds is 6. The van der Waals surface area contributed by atoms with E-state index in [1.165, 1.54) is 10.8 Å². The Balaban J connectivity index is 1.98. The van der Waals surface area contributed by atoms with Crippen molar-refractivity contribution in [3.05, 3.63) is 51.7 Å². The van der Waals surface area contributed by atoms with Crippen molar-refractivity contribution in [1.82, 2.24) is 14.5 Å². The van der Waals surface area contributed by atoms with E-state index in [9.17, 15) is 9.59 Å². The molecule has 7 nitrogen and oxygen atoms in total. The average molecular weight is 387 g/mol. The number of ketones is 1. The van der Waals surface area contributed by atoms with Gasteiger partial charge < -0.3 is 14.6 Å². The minimum atomic E-state index is -0.290. The molecule has 0 aliphatic rings. The number of halogens is 1. The van der Waals surface area contributed by atoms with E-state index in [4.69, 9.17) is 16.3 Å². The summed E-state index contributed by atoms with van der Waals surface area (Å²) in [4.78, 5) is 32.2. The van der Waals surface area contributed by atoms with Gasteiger partial charge in [0.15, 0.2) is 17.4 Å². The van der Waals surface area contributed by atoms with Crippen molar-refractivity contribution in [2.45, 2.75) is 20.3 Å². The topological polar surface area (TPSA) is 86.1 Å². The van der Waals surface area contributed by atoms with Crippen LogP contribution in [-0.2, 0) is 11.8 Å². The normalized spacial score (nSPS) is 10.8. The number of hydrogen-bond donors (Lipinski definition) is 1. The Morgan fingerprint density at radius 1 is 1.33 bits per heavy atom. The molecule has 0 saturated carbocycles. The summed E-state index contributed by atoms with van der Waals surface area (Å²) in [5, 5.41) is 4.34. The second kappa shape index (κ2) is 7.75. The maximum atomic E-state index is 12.4. The Morgan fingerprint density at radius 2 is 2.11 bits per heavy atom. The first-order chi connectivity index (χ1) is 12.9. The van der Waals surface area contributed by atoms with Gasteiger partial charge >= 0.3 is 0 Å². The number of nitrogens with zero attached hydrogens (tertiary/aromatic N) is 3. The van der Waals surface area contributed by atoms with Gasteiger partial charge in [0.05, 0.1) is 11.7 Å². The number of aromatic nitrogens is 3. The van der Waals surface area contributed by atoms with E-state index >= 15 is 0 Å². The second-order valence-electron chi connectivity index (χ2n) is 6.07. The van der Waals surface area contributed by atoms with Crippen LogP contribution < -0.4 is 15.6 Å². The lowest BCUT2D eigenvalue weighted by Crippen LogP contribution is -2.21. The highest BCUT2D eigenvalue weighted by Crippen LogP contribution is 2.26. The third-order valence-corrected chi connectivity index (χ3v) is 4.38. The van der Waals surface area contributed by atoms with Crippen molar-refractivity contribution in [2.75, 3.05) is 11.9 Å². The van der Waals surface area contributed by atoms with Crippen molar-refractivity contribution < 1.29 is 9.53 Å². The van der Waals surface area contributed by atoms with E-state index < -0.39 is 0 Å². The van der Waals surface area contributed by atoms with Crippen molar-refractivity contribution in [1.29, 1.82) is 0 Å². The van der Waals surface area contributed by atoms with E-state index in [1.54, 1.807) is 27.0 Å².